The standard InChI is InChI=1S/C23H20N2O4/c1-29-18-10-6-16(7-11-18)24-21(26)13-4-8-17(9-5-13)25-22(27)19-14-2-3-15(12-14)20(19)23(25)28/h2-11,14-15,19-20H,12H2,1H3,(H,24,26)/t14-,15+,19-,20+. The minimum atomic E-state index is -0.264. The number of imide groups is 1. The van der Waals surface area contributed by atoms with Crippen LogP contribution in [0.2, 0.25) is 0 Å². The van der Waals surface area contributed by atoms with Crippen LogP contribution in [0.25, 0.3) is 0 Å². The first kappa shape index (κ1) is 17.7. The number of carbonyl (C=O) groups excluding carboxylic acids is 3. The lowest BCUT2D eigenvalue weighted by Crippen LogP contribution is -2.32. The van der Waals surface area contributed by atoms with Crippen LogP contribution in [-0.2, 0) is 9.59 Å². The van der Waals surface area contributed by atoms with Crippen LogP contribution in [0, 0.1) is 23.7 Å². The molecule has 2 aromatic carbocycles. The van der Waals surface area contributed by atoms with Gasteiger partial charge in [-0.05, 0) is 66.8 Å². The Kier molecular flexibility index (Phi) is 4.01. The van der Waals surface area contributed by atoms with Gasteiger partial charge < -0.3 is 10.1 Å². The zero-order chi connectivity index (χ0) is 20.1. The number of nitrogens with one attached hydrogen (secondary N) is 1. The summed E-state index contributed by atoms with van der Waals surface area (Å²) in [5.41, 5.74) is 1.63. The number of nitrogens with zero attached hydrogens (tertiary/aromatic N) is 1. The molecule has 29 heavy (non-hydrogen) atoms. The number of carbonyl (C=O) groups is 3. The predicted molar refractivity (Wildman–Crippen MR) is 108 cm³/mol. The van der Waals surface area contributed by atoms with Crippen molar-refractivity contribution < 1.29 is 19.1 Å². The molecule has 5 rings (SSSR count). The molecule has 1 aliphatic heterocycles. The Morgan fingerprint density at radius 3 is 2.07 bits per heavy atom. The van der Waals surface area contributed by atoms with Gasteiger partial charge >= 0.3 is 0 Å². The molecule has 0 aromatic heterocycles. The van der Waals surface area contributed by atoms with Gasteiger partial charge in [-0.1, -0.05) is 12.2 Å². The number of fused-ring (bicyclic) bond motifs is 5. The Morgan fingerprint density at radius 1 is 0.931 bits per heavy atom. The Balaban J connectivity index is 1.32. The third-order valence-corrected chi connectivity index (χ3v) is 6.21. The normalized spacial score (nSPS) is 26.7. The number of benzene rings is 2. The molecule has 0 spiro atoms. The first-order chi connectivity index (χ1) is 14.1. The van der Waals surface area contributed by atoms with Crippen LogP contribution in [0.5, 0.6) is 5.75 Å². The summed E-state index contributed by atoms with van der Waals surface area (Å²) < 4.78 is 5.11. The van der Waals surface area contributed by atoms with Gasteiger partial charge in [0.1, 0.15) is 5.75 Å². The van der Waals surface area contributed by atoms with Crippen LogP contribution < -0.4 is 15.0 Å². The third kappa shape index (κ3) is 2.75. The van der Waals surface area contributed by atoms with Crippen LogP contribution in [0.4, 0.5) is 11.4 Å². The van der Waals surface area contributed by atoms with E-state index >= 15 is 0 Å². The zero-order valence-corrected chi connectivity index (χ0v) is 15.9. The summed E-state index contributed by atoms with van der Waals surface area (Å²) >= 11 is 0. The van der Waals surface area contributed by atoms with Gasteiger partial charge in [0, 0.05) is 11.3 Å². The van der Waals surface area contributed by atoms with E-state index in [-0.39, 0.29) is 41.4 Å². The molecule has 1 N–H and O–H groups in total. The van der Waals surface area contributed by atoms with E-state index in [0.717, 1.165) is 6.42 Å². The monoisotopic (exact) mass is 388 g/mol. The van der Waals surface area contributed by atoms with Crippen molar-refractivity contribution in [3.05, 3.63) is 66.2 Å². The van der Waals surface area contributed by atoms with E-state index in [4.69, 9.17) is 4.74 Å². The first-order valence-corrected chi connectivity index (χ1v) is 9.68. The lowest BCUT2D eigenvalue weighted by atomic mass is 9.85. The molecular weight excluding hydrogens is 368 g/mol. The highest BCUT2D eigenvalue weighted by molar-refractivity contribution is 6.23. The van der Waals surface area contributed by atoms with E-state index in [9.17, 15) is 14.4 Å². The lowest BCUT2D eigenvalue weighted by Gasteiger charge is -2.17. The van der Waals surface area contributed by atoms with E-state index in [1.54, 1.807) is 55.6 Å². The summed E-state index contributed by atoms with van der Waals surface area (Å²) in [6.07, 6.45) is 5.06. The fraction of sp³-hybridized carbons (Fsp3) is 0.261. The van der Waals surface area contributed by atoms with Crippen LogP contribution in [0.1, 0.15) is 16.8 Å². The molecule has 1 saturated carbocycles. The minimum Gasteiger partial charge on any atom is -0.497 e. The van der Waals surface area contributed by atoms with Crippen molar-refractivity contribution in [2.75, 3.05) is 17.3 Å². The molecule has 0 radical (unpaired) electrons. The van der Waals surface area contributed by atoms with E-state index in [1.807, 2.05) is 0 Å². The molecule has 2 fully saturated rings. The topological polar surface area (TPSA) is 75.7 Å². The van der Waals surface area contributed by atoms with Gasteiger partial charge in [0.25, 0.3) is 5.91 Å². The average molecular weight is 388 g/mol. The molecule has 6 nitrogen and oxygen atoms in total. The van der Waals surface area contributed by atoms with Gasteiger partial charge in [0.2, 0.25) is 11.8 Å². The lowest BCUT2D eigenvalue weighted by molar-refractivity contribution is -0.123. The molecule has 2 aromatic rings. The number of methoxy groups -OCH3 is 1. The number of hydrogen-bond donors (Lipinski definition) is 1. The fourth-order valence-electron chi connectivity index (χ4n) is 4.80. The van der Waals surface area contributed by atoms with Crippen molar-refractivity contribution in [2.24, 2.45) is 23.7 Å². The highest BCUT2D eigenvalue weighted by atomic mass is 16.5. The maximum absolute atomic E-state index is 12.9. The van der Waals surface area contributed by atoms with Gasteiger partial charge in [-0.3, -0.25) is 19.3 Å². The van der Waals surface area contributed by atoms with E-state index in [1.165, 1.54) is 4.90 Å². The van der Waals surface area contributed by atoms with Crippen molar-refractivity contribution in [3.8, 4) is 5.75 Å². The van der Waals surface area contributed by atoms with Crippen molar-refractivity contribution in [1.82, 2.24) is 0 Å². The molecule has 3 aliphatic rings. The van der Waals surface area contributed by atoms with Gasteiger partial charge in [0.05, 0.1) is 24.6 Å². The highest BCUT2D eigenvalue weighted by Crippen LogP contribution is 2.53. The number of allylic oxidation sites excluding steroid dienone is 2. The summed E-state index contributed by atoms with van der Waals surface area (Å²) in [6, 6.07) is 13.6. The summed E-state index contributed by atoms with van der Waals surface area (Å²) in [5, 5.41) is 2.82. The van der Waals surface area contributed by atoms with Crippen molar-refractivity contribution >= 4 is 29.1 Å². The molecule has 1 saturated heterocycles. The van der Waals surface area contributed by atoms with E-state index in [0.29, 0.717) is 22.7 Å². The third-order valence-electron chi connectivity index (χ3n) is 6.21. The molecule has 0 unspecified atom stereocenters. The summed E-state index contributed by atoms with van der Waals surface area (Å²) in [4.78, 5) is 39.5. The Labute approximate surface area is 168 Å². The van der Waals surface area contributed by atoms with Crippen molar-refractivity contribution in [3.63, 3.8) is 0 Å². The Bertz CT molecular complexity index is 996. The first-order valence-electron chi connectivity index (χ1n) is 9.68. The van der Waals surface area contributed by atoms with Gasteiger partial charge in [0.15, 0.2) is 0 Å². The highest BCUT2D eigenvalue weighted by Gasteiger charge is 2.59. The maximum atomic E-state index is 12.9. The minimum absolute atomic E-state index is 0.118. The van der Waals surface area contributed by atoms with E-state index < -0.39 is 0 Å². The summed E-state index contributed by atoms with van der Waals surface area (Å²) in [6.45, 7) is 0. The second-order valence-corrected chi connectivity index (χ2v) is 7.74. The quantitative estimate of drug-likeness (QED) is 0.644. The Morgan fingerprint density at radius 2 is 1.52 bits per heavy atom. The number of hydrogen-bond acceptors (Lipinski definition) is 4. The predicted octanol–water partition coefficient (Wildman–Crippen LogP) is 3.26. The number of anilines is 2. The zero-order valence-electron chi connectivity index (χ0n) is 15.9. The smallest absolute Gasteiger partial charge is 0.255 e. The van der Waals surface area contributed by atoms with Gasteiger partial charge in [-0.15, -0.1) is 0 Å². The summed E-state index contributed by atoms with van der Waals surface area (Å²) in [7, 11) is 1.58. The molecule has 146 valence electrons. The number of ether oxygens (including phenoxy) is 1. The largest absolute Gasteiger partial charge is 0.497 e. The maximum Gasteiger partial charge on any atom is 0.255 e. The van der Waals surface area contributed by atoms with Gasteiger partial charge in [-0.25, -0.2) is 0 Å². The molecule has 4 atom stereocenters. The Hall–Kier alpha value is -3.41. The van der Waals surface area contributed by atoms with Crippen molar-refractivity contribution in [1.29, 1.82) is 0 Å². The average Bonchev–Trinajstić information content (AvgIpc) is 3.42. The van der Waals surface area contributed by atoms with Crippen LogP contribution >= 0.6 is 0 Å². The van der Waals surface area contributed by atoms with Crippen LogP contribution in [-0.4, -0.2) is 24.8 Å². The number of rotatable bonds is 4. The SMILES string of the molecule is COc1ccc(NC(=O)c2ccc(N3C(=O)[C@@H]4[C@H](C3=O)[C@@H]3C=C[C@H]4C3)cc2)cc1. The molecular formula is C23H20N2O4. The molecule has 1 heterocycles. The van der Waals surface area contributed by atoms with Crippen LogP contribution in [0.15, 0.2) is 60.7 Å². The number of amides is 3. The molecule has 2 bridgehead atoms. The second kappa shape index (κ2) is 6.58. The van der Waals surface area contributed by atoms with Crippen LogP contribution in [0.3, 0.4) is 0 Å². The van der Waals surface area contributed by atoms with Gasteiger partial charge in [-0.2, -0.15) is 0 Å². The molecule has 2 aliphatic carbocycles. The summed E-state index contributed by atoms with van der Waals surface area (Å²) in [5.74, 6) is 0.119. The molecule has 3 amide bonds. The molecule has 6 heteroatoms. The van der Waals surface area contributed by atoms with E-state index in [2.05, 4.69) is 17.5 Å². The second-order valence-electron chi connectivity index (χ2n) is 7.74. The fourth-order valence-corrected chi connectivity index (χ4v) is 4.80. The van der Waals surface area contributed by atoms with Crippen molar-refractivity contribution in [2.45, 2.75) is 6.42 Å².